The predicted octanol–water partition coefficient (Wildman–Crippen LogP) is 11.9. The van der Waals surface area contributed by atoms with E-state index < -0.39 is 0 Å². The lowest BCUT2D eigenvalue weighted by Crippen LogP contribution is -1.93. The molecule has 2 heteroatoms. The van der Waals surface area contributed by atoms with Crippen LogP contribution in [0.15, 0.2) is 170 Å². The lowest BCUT2D eigenvalue weighted by molar-refractivity contribution is 1.18. The zero-order chi connectivity index (χ0) is 30.2. The van der Waals surface area contributed by atoms with Crippen molar-refractivity contribution < 1.29 is 0 Å². The molecule has 0 atom stereocenters. The van der Waals surface area contributed by atoms with Gasteiger partial charge in [0.2, 0.25) is 0 Å². The molecule has 0 spiro atoms. The van der Waals surface area contributed by atoms with E-state index in [0.717, 1.165) is 0 Å². The van der Waals surface area contributed by atoms with Crippen molar-refractivity contribution in [3.05, 3.63) is 170 Å². The van der Waals surface area contributed by atoms with Crippen LogP contribution in [0.4, 0.5) is 0 Å². The highest BCUT2D eigenvalue weighted by atomic mass is 15.0. The Bertz CT molecular complexity index is 2780. The molecule has 0 fully saturated rings. The molecule has 0 radical (unpaired) electrons. The third kappa shape index (κ3) is 3.53. The molecule has 8 aromatic carbocycles. The monoisotopic (exact) mass is 584 g/mol. The van der Waals surface area contributed by atoms with Crippen molar-refractivity contribution in [2.24, 2.45) is 0 Å². The van der Waals surface area contributed by atoms with E-state index in [-0.39, 0.29) is 0 Å². The largest absolute Gasteiger partial charge is 0.309 e. The lowest BCUT2D eigenvalue weighted by Gasteiger charge is -2.14. The molecule has 2 nitrogen and oxygen atoms in total. The molecule has 0 saturated carbocycles. The first-order valence-corrected chi connectivity index (χ1v) is 15.9. The normalized spacial score (nSPS) is 11.9. The highest BCUT2D eigenvalue weighted by molar-refractivity contribution is 6.24. The molecule has 0 N–H and O–H groups in total. The second-order valence-electron chi connectivity index (χ2n) is 12.1. The number of rotatable bonds is 3. The summed E-state index contributed by atoms with van der Waals surface area (Å²) < 4.78 is 4.81. The highest BCUT2D eigenvalue weighted by Gasteiger charge is 2.19. The summed E-state index contributed by atoms with van der Waals surface area (Å²) in [5.41, 5.74) is 9.74. The van der Waals surface area contributed by atoms with Crippen LogP contribution in [-0.2, 0) is 0 Å². The van der Waals surface area contributed by atoms with E-state index in [1.807, 2.05) is 0 Å². The summed E-state index contributed by atoms with van der Waals surface area (Å²) in [5.74, 6) is 0. The van der Waals surface area contributed by atoms with Gasteiger partial charge >= 0.3 is 0 Å². The van der Waals surface area contributed by atoms with Gasteiger partial charge in [-0.25, -0.2) is 0 Å². The first kappa shape index (κ1) is 25.2. The Morgan fingerprint density at radius 2 is 0.826 bits per heavy atom. The summed E-state index contributed by atoms with van der Waals surface area (Å²) in [4.78, 5) is 0. The molecule has 10 aromatic rings. The molecule has 0 aliphatic rings. The van der Waals surface area contributed by atoms with Crippen molar-refractivity contribution in [2.45, 2.75) is 0 Å². The van der Waals surface area contributed by atoms with Gasteiger partial charge in [0.1, 0.15) is 0 Å². The van der Waals surface area contributed by atoms with Gasteiger partial charge in [-0.15, -0.1) is 0 Å². The van der Waals surface area contributed by atoms with Crippen LogP contribution in [-0.4, -0.2) is 9.13 Å². The van der Waals surface area contributed by atoms with E-state index in [1.54, 1.807) is 0 Å². The standard InChI is InChI=1S/C44H28N2/c1-3-14-30(15-4-1)45-41-24-12-10-21-36(41)44-35(22-13-25-42(44)45)38-26-29-27-43-39(28-37(29)32-18-7-8-19-33(32)38)34-20-9-11-23-40(34)46(43)31-16-5-2-6-17-31/h1-28H. The van der Waals surface area contributed by atoms with Crippen LogP contribution in [0.5, 0.6) is 0 Å². The van der Waals surface area contributed by atoms with Gasteiger partial charge < -0.3 is 9.13 Å². The van der Waals surface area contributed by atoms with Crippen LogP contribution in [0, 0.1) is 0 Å². The number of hydrogen-bond donors (Lipinski definition) is 0. The van der Waals surface area contributed by atoms with E-state index in [2.05, 4.69) is 179 Å². The smallest absolute Gasteiger partial charge is 0.0547 e. The molecule has 2 heterocycles. The van der Waals surface area contributed by atoms with Crippen LogP contribution in [0.25, 0.3) is 87.7 Å². The van der Waals surface area contributed by atoms with Gasteiger partial charge in [-0.05, 0) is 93.3 Å². The third-order valence-electron chi connectivity index (χ3n) is 9.67. The fraction of sp³-hybridized carbons (Fsp3) is 0. The summed E-state index contributed by atoms with van der Waals surface area (Å²) in [6.45, 7) is 0. The van der Waals surface area contributed by atoms with Gasteiger partial charge in [-0.2, -0.15) is 0 Å². The molecule has 0 unspecified atom stereocenters. The number of nitrogens with zero attached hydrogens (tertiary/aromatic N) is 2. The van der Waals surface area contributed by atoms with E-state index >= 15 is 0 Å². The number of hydrogen-bond acceptors (Lipinski definition) is 0. The summed E-state index contributed by atoms with van der Waals surface area (Å²) >= 11 is 0. The molecule has 46 heavy (non-hydrogen) atoms. The maximum absolute atomic E-state index is 2.42. The number of fused-ring (bicyclic) bond motifs is 9. The zero-order valence-electron chi connectivity index (χ0n) is 25.1. The number of benzene rings is 8. The summed E-state index contributed by atoms with van der Waals surface area (Å²) in [5, 5.41) is 10.2. The van der Waals surface area contributed by atoms with E-state index in [4.69, 9.17) is 0 Å². The van der Waals surface area contributed by atoms with E-state index in [9.17, 15) is 0 Å². The average molecular weight is 585 g/mol. The minimum Gasteiger partial charge on any atom is -0.309 e. The Kier molecular flexibility index (Phi) is 5.31. The second kappa shape index (κ2) is 9.69. The van der Waals surface area contributed by atoms with E-state index in [0.29, 0.717) is 0 Å². The summed E-state index contributed by atoms with van der Waals surface area (Å²) in [7, 11) is 0. The van der Waals surface area contributed by atoms with Gasteiger partial charge in [-0.3, -0.25) is 0 Å². The first-order valence-electron chi connectivity index (χ1n) is 15.9. The second-order valence-corrected chi connectivity index (χ2v) is 12.1. The maximum Gasteiger partial charge on any atom is 0.0547 e. The van der Waals surface area contributed by atoms with Crippen molar-refractivity contribution in [3.8, 4) is 22.5 Å². The van der Waals surface area contributed by atoms with Gasteiger partial charge in [-0.1, -0.05) is 109 Å². The van der Waals surface area contributed by atoms with Crippen molar-refractivity contribution in [1.29, 1.82) is 0 Å². The molecule has 0 amide bonds. The molecule has 0 bridgehead atoms. The molecule has 10 rings (SSSR count). The minimum absolute atomic E-state index is 1.17. The Labute approximate surface area is 266 Å². The molecule has 0 aliphatic carbocycles. The summed E-state index contributed by atoms with van der Waals surface area (Å²) in [6, 6.07) is 62.0. The maximum atomic E-state index is 2.42. The zero-order valence-corrected chi connectivity index (χ0v) is 25.1. The number of para-hydroxylation sites is 4. The third-order valence-corrected chi connectivity index (χ3v) is 9.67. The van der Waals surface area contributed by atoms with Gasteiger partial charge in [0.05, 0.1) is 22.1 Å². The molecule has 2 aromatic heterocycles. The van der Waals surface area contributed by atoms with Crippen LogP contribution in [0.2, 0.25) is 0 Å². The molecule has 0 saturated heterocycles. The van der Waals surface area contributed by atoms with Crippen LogP contribution in [0.3, 0.4) is 0 Å². The highest BCUT2D eigenvalue weighted by Crippen LogP contribution is 2.44. The van der Waals surface area contributed by atoms with Crippen LogP contribution in [0.1, 0.15) is 0 Å². The van der Waals surface area contributed by atoms with E-state index in [1.165, 1.54) is 87.7 Å². The van der Waals surface area contributed by atoms with Gasteiger partial charge in [0.25, 0.3) is 0 Å². The molecular weight excluding hydrogens is 556 g/mol. The van der Waals surface area contributed by atoms with Gasteiger partial charge in [0, 0.05) is 32.9 Å². The lowest BCUT2D eigenvalue weighted by atomic mass is 9.90. The fourth-order valence-corrected chi connectivity index (χ4v) is 7.75. The number of aromatic nitrogens is 2. The molecule has 0 aliphatic heterocycles. The molecule has 214 valence electrons. The van der Waals surface area contributed by atoms with Crippen molar-refractivity contribution >= 4 is 65.2 Å². The van der Waals surface area contributed by atoms with Crippen LogP contribution >= 0.6 is 0 Å². The SMILES string of the molecule is c1ccc(-n2c3ccccc3c3cc4c(cc(-c5cccc6c5c5ccccc5n6-c5ccccc5)c5ccccc54)cc32)cc1. The minimum atomic E-state index is 1.17. The predicted molar refractivity (Wildman–Crippen MR) is 196 cm³/mol. The van der Waals surface area contributed by atoms with Crippen molar-refractivity contribution in [3.63, 3.8) is 0 Å². The van der Waals surface area contributed by atoms with Crippen LogP contribution < -0.4 is 0 Å². The topological polar surface area (TPSA) is 9.86 Å². The quantitative estimate of drug-likeness (QED) is 0.183. The fourth-order valence-electron chi connectivity index (χ4n) is 7.75. The van der Waals surface area contributed by atoms with Crippen molar-refractivity contribution in [2.75, 3.05) is 0 Å². The van der Waals surface area contributed by atoms with Crippen molar-refractivity contribution in [1.82, 2.24) is 9.13 Å². The first-order chi connectivity index (χ1) is 22.8. The molecular formula is C44H28N2. The Hall–Kier alpha value is -6.12. The average Bonchev–Trinajstić information content (AvgIpc) is 3.64. The van der Waals surface area contributed by atoms with Gasteiger partial charge in [0.15, 0.2) is 0 Å². The Balaban J connectivity index is 1.34. The Morgan fingerprint density at radius 3 is 1.54 bits per heavy atom. The Morgan fingerprint density at radius 1 is 0.283 bits per heavy atom. The summed E-state index contributed by atoms with van der Waals surface area (Å²) in [6.07, 6.45) is 0.